The molecule has 0 bridgehead atoms. The number of H-pyrrole nitrogens is 1. The fourth-order valence-electron chi connectivity index (χ4n) is 0.697. The van der Waals surface area contributed by atoms with Crippen LogP contribution in [0.2, 0.25) is 10.2 Å². The second-order valence-corrected chi connectivity index (χ2v) is 2.99. The average molecular weight is 248 g/mol. The first kappa shape index (κ1) is 11.2. The fourth-order valence-corrected chi connectivity index (χ4v) is 1.18. The van der Waals surface area contributed by atoms with E-state index in [4.69, 9.17) is 23.2 Å². The summed E-state index contributed by atoms with van der Waals surface area (Å²) in [5.74, 6) is -1.02. The highest BCUT2D eigenvalue weighted by Crippen LogP contribution is 2.27. The van der Waals surface area contributed by atoms with Crippen LogP contribution in [0.15, 0.2) is 10.9 Å². The summed E-state index contributed by atoms with van der Waals surface area (Å²) in [5, 5.41) is -0.675. The van der Waals surface area contributed by atoms with Crippen molar-refractivity contribution in [1.29, 1.82) is 0 Å². The smallest absolute Gasteiger partial charge is 0.398 e. The lowest BCUT2D eigenvalue weighted by Gasteiger charge is -2.08. The summed E-state index contributed by atoms with van der Waals surface area (Å²) in [7, 11) is 0. The number of aromatic amines is 1. The molecular weight excluding hydrogens is 246 g/mol. The molecule has 0 aromatic carbocycles. The molecule has 1 heterocycles. The molecule has 14 heavy (non-hydrogen) atoms. The van der Waals surface area contributed by atoms with Crippen LogP contribution in [0.3, 0.4) is 0 Å². The number of ether oxygens (including phenoxy) is 1. The lowest BCUT2D eigenvalue weighted by molar-refractivity contribution is -0.275. The Labute approximate surface area is 85.4 Å². The average Bonchev–Trinajstić information content (AvgIpc) is 1.95. The minimum Gasteiger partial charge on any atom is -0.398 e. The molecule has 0 saturated carbocycles. The highest BCUT2D eigenvalue weighted by Gasteiger charge is 2.33. The number of aromatic nitrogens is 1. The summed E-state index contributed by atoms with van der Waals surface area (Å²) in [4.78, 5) is 12.8. The van der Waals surface area contributed by atoms with Crippen LogP contribution in [0.4, 0.5) is 13.2 Å². The van der Waals surface area contributed by atoms with Crippen molar-refractivity contribution in [3.8, 4) is 5.75 Å². The van der Waals surface area contributed by atoms with E-state index in [0.29, 0.717) is 0 Å². The maximum absolute atomic E-state index is 11.7. The fraction of sp³-hybridized carbons (Fsp3) is 0.167. The van der Waals surface area contributed by atoms with Gasteiger partial charge in [0.1, 0.15) is 5.15 Å². The summed E-state index contributed by atoms with van der Waals surface area (Å²) in [6, 6.07) is 0.936. The Morgan fingerprint density at radius 1 is 1.36 bits per heavy atom. The maximum atomic E-state index is 11.7. The lowest BCUT2D eigenvalue weighted by Crippen LogP contribution is -2.23. The van der Waals surface area contributed by atoms with Gasteiger partial charge in [0.15, 0.2) is 0 Å². The summed E-state index contributed by atoms with van der Waals surface area (Å²) >= 11 is 10.6. The quantitative estimate of drug-likeness (QED) is 0.776. The number of hydrogen-bond acceptors (Lipinski definition) is 2. The van der Waals surface area contributed by atoms with Crippen molar-refractivity contribution in [2.24, 2.45) is 0 Å². The largest absolute Gasteiger partial charge is 0.573 e. The van der Waals surface area contributed by atoms with Gasteiger partial charge in [-0.15, -0.1) is 13.2 Å². The van der Waals surface area contributed by atoms with E-state index in [0.717, 1.165) is 6.07 Å². The van der Waals surface area contributed by atoms with Crippen molar-refractivity contribution in [2.75, 3.05) is 0 Å². The number of nitrogens with one attached hydrogen (secondary N) is 1. The molecule has 78 valence electrons. The number of pyridine rings is 1. The van der Waals surface area contributed by atoms with Gasteiger partial charge in [-0.25, -0.2) is 0 Å². The Hall–Kier alpha value is -0.880. The van der Waals surface area contributed by atoms with Crippen molar-refractivity contribution >= 4 is 23.2 Å². The van der Waals surface area contributed by atoms with Gasteiger partial charge in [0, 0.05) is 0 Å². The second kappa shape index (κ2) is 3.70. The monoisotopic (exact) mass is 247 g/mol. The topological polar surface area (TPSA) is 42.1 Å². The third kappa shape index (κ3) is 2.81. The molecule has 1 N–H and O–H groups in total. The van der Waals surface area contributed by atoms with Crippen LogP contribution in [0.25, 0.3) is 0 Å². The van der Waals surface area contributed by atoms with Gasteiger partial charge in [-0.3, -0.25) is 4.79 Å². The van der Waals surface area contributed by atoms with Crippen LogP contribution in [0, 0.1) is 0 Å². The van der Waals surface area contributed by atoms with Crippen LogP contribution < -0.4 is 10.3 Å². The van der Waals surface area contributed by atoms with E-state index < -0.39 is 22.7 Å². The highest BCUT2D eigenvalue weighted by molar-refractivity contribution is 6.34. The van der Waals surface area contributed by atoms with Gasteiger partial charge in [-0.1, -0.05) is 23.2 Å². The van der Waals surface area contributed by atoms with Gasteiger partial charge in [-0.05, 0) is 6.07 Å². The van der Waals surface area contributed by atoms with Crippen molar-refractivity contribution in [2.45, 2.75) is 6.36 Å². The molecule has 0 amide bonds. The Balaban J connectivity index is 3.16. The minimum atomic E-state index is -4.97. The molecule has 0 unspecified atom stereocenters. The Morgan fingerprint density at radius 3 is 2.36 bits per heavy atom. The Morgan fingerprint density at radius 2 is 1.93 bits per heavy atom. The van der Waals surface area contributed by atoms with Gasteiger partial charge in [-0.2, -0.15) is 0 Å². The predicted octanol–water partition coefficient (Wildman–Crippen LogP) is 2.58. The normalized spacial score (nSPS) is 11.5. The van der Waals surface area contributed by atoms with E-state index in [2.05, 4.69) is 4.74 Å². The molecule has 0 saturated heterocycles. The molecule has 0 atom stereocenters. The van der Waals surface area contributed by atoms with Gasteiger partial charge in [0.05, 0.1) is 5.02 Å². The van der Waals surface area contributed by atoms with Crippen molar-refractivity contribution in [1.82, 2.24) is 4.98 Å². The molecule has 0 aliphatic rings. The van der Waals surface area contributed by atoms with Gasteiger partial charge >= 0.3 is 6.36 Å². The van der Waals surface area contributed by atoms with Crippen LogP contribution in [0.1, 0.15) is 0 Å². The van der Waals surface area contributed by atoms with Crippen LogP contribution in [-0.4, -0.2) is 11.3 Å². The van der Waals surface area contributed by atoms with E-state index in [1.165, 1.54) is 0 Å². The molecule has 1 aromatic rings. The third-order valence-electron chi connectivity index (χ3n) is 1.13. The maximum Gasteiger partial charge on any atom is 0.573 e. The van der Waals surface area contributed by atoms with Crippen LogP contribution in [0.5, 0.6) is 5.75 Å². The predicted molar refractivity (Wildman–Crippen MR) is 43.8 cm³/mol. The standard InChI is InChI=1S/C6H2Cl2F3NO2/c7-2-1-3(8)12-5(13)4(2)14-6(9,10)11/h1H,(H,12,13). The van der Waals surface area contributed by atoms with Crippen molar-refractivity contribution < 1.29 is 17.9 Å². The molecule has 0 spiro atoms. The van der Waals surface area contributed by atoms with Crippen molar-refractivity contribution in [3.63, 3.8) is 0 Å². The van der Waals surface area contributed by atoms with E-state index >= 15 is 0 Å². The molecule has 0 radical (unpaired) electrons. The third-order valence-corrected chi connectivity index (χ3v) is 1.61. The summed E-state index contributed by atoms with van der Waals surface area (Å²) < 4.78 is 38.6. The highest BCUT2D eigenvalue weighted by atomic mass is 35.5. The van der Waals surface area contributed by atoms with Crippen molar-refractivity contribution in [3.05, 3.63) is 26.6 Å². The zero-order valence-corrected chi connectivity index (χ0v) is 7.80. The summed E-state index contributed by atoms with van der Waals surface area (Å²) in [6.07, 6.45) is -4.97. The van der Waals surface area contributed by atoms with E-state index in [1.807, 2.05) is 4.98 Å². The van der Waals surface area contributed by atoms with Gasteiger partial charge in [0.25, 0.3) is 5.56 Å². The first-order valence-electron chi connectivity index (χ1n) is 3.13. The van der Waals surface area contributed by atoms with Gasteiger partial charge in [0.2, 0.25) is 5.75 Å². The molecule has 8 heteroatoms. The summed E-state index contributed by atoms with van der Waals surface area (Å²) in [5.41, 5.74) is -1.14. The Bertz CT molecular complexity index is 401. The zero-order valence-electron chi connectivity index (χ0n) is 6.28. The zero-order chi connectivity index (χ0) is 10.9. The number of halogens is 5. The lowest BCUT2D eigenvalue weighted by atomic mass is 10.4. The molecule has 0 aliphatic heterocycles. The minimum absolute atomic E-state index is 0.172. The summed E-state index contributed by atoms with van der Waals surface area (Å²) in [6.45, 7) is 0. The number of alkyl halides is 3. The molecular formula is C6H2Cl2F3NO2. The van der Waals surface area contributed by atoms with Crippen LogP contribution >= 0.6 is 23.2 Å². The first-order valence-corrected chi connectivity index (χ1v) is 3.89. The van der Waals surface area contributed by atoms with E-state index in [9.17, 15) is 18.0 Å². The molecule has 0 fully saturated rings. The SMILES string of the molecule is O=c1[nH]c(Cl)cc(Cl)c1OC(F)(F)F. The molecule has 0 aliphatic carbocycles. The first-order chi connectivity index (χ1) is 6.29. The Kier molecular flexibility index (Phi) is 2.96. The van der Waals surface area contributed by atoms with Gasteiger partial charge < -0.3 is 9.72 Å². The second-order valence-electron chi connectivity index (χ2n) is 2.17. The van der Waals surface area contributed by atoms with E-state index in [-0.39, 0.29) is 5.15 Å². The number of rotatable bonds is 1. The van der Waals surface area contributed by atoms with E-state index in [1.54, 1.807) is 0 Å². The molecule has 1 aromatic heterocycles. The van der Waals surface area contributed by atoms with Crippen LogP contribution in [-0.2, 0) is 0 Å². The molecule has 1 rings (SSSR count). The number of hydrogen-bond donors (Lipinski definition) is 1. The molecule has 3 nitrogen and oxygen atoms in total.